The summed E-state index contributed by atoms with van der Waals surface area (Å²) in [6.07, 6.45) is 6.40. The SMILES string of the molecule is Cc1cnccc1C(N)Cc1ccn(C(C)C)n1. The lowest BCUT2D eigenvalue weighted by Crippen LogP contribution is -2.15. The summed E-state index contributed by atoms with van der Waals surface area (Å²) in [7, 11) is 0. The molecule has 0 aliphatic rings. The Labute approximate surface area is 108 Å². The number of hydrogen-bond donors (Lipinski definition) is 1. The maximum atomic E-state index is 6.24. The number of aromatic nitrogens is 3. The van der Waals surface area contributed by atoms with Crippen LogP contribution < -0.4 is 5.73 Å². The summed E-state index contributed by atoms with van der Waals surface area (Å²) >= 11 is 0. The summed E-state index contributed by atoms with van der Waals surface area (Å²) in [4.78, 5) is 4.09. The van der Waals surface area contributed by atoms with E-state index in [0.717, 1.165) is 23.2 Å². The Morgan fingerprint density at radius 3 is 2.72 bits per heavy atom. The van der Waals surface area contributed by atoms with Crippen LogP contribution in [0.1, 0.15) is 42.8 Å². The molecule has 0 aliphatic carbocycles. The predicted octanol–water partition coefficient (Wildman–Crippen LogP) is 2.41. The van der Waals surface area contributed by atoms with Gasteiger partial charge < -0.3 is 5.73 Å². The number of rotatable bonds is 4. The molecule has 0 saturated heterocycles. The highest BCUT2D eigenvalue weighted by atomic mass is 15.3. The van der Waals surface area contributed by atoms with Crippen LogP contribution in [0.4, 0.5) is 0 Å². The topological polar surface area (TPSA) is 56.7 Å². The fraction of sp³-hybridized carbons (Fsp3) is 0.429. The first-order valence-electron chi connectivity index (χ1n) is 6.28. The molecule has 0 aromatic carbocycles. The Morgan fingerprint density at radius 1 is 1.33 bits per heavy atom. The highest BCUT2D eigenvalue weighted by Crippen LogP contribution is 2.18. The summed E-state index contributed by atoms with van der Waals surface area (Å²) in [5, 5.41) is 4.53. The Morgan fingerprint density at radius 2 is 2.11 bits per heavy atom. The Bertz CT molecular complexity index is 516. The summed E-state index contributed by atoms with van der Waals surface area (Å²) in [5.41, 5.74) is 9.55. The molecule has 1 atom stereocenters. The molecule has 0 spiro atoms. The molecule has 2 aromatic rings. The summed E-state index contributed by atoms with van der Waals surface area (Å²) in [5.74, 6) is 0. The Balaban J connectivity index is 2.11. The molecule has 4 nitrogen and oxygen atoms in total. The third-order valence-corrected chi connectivity index (χ3v) is 3.08. The first-order valence-corrected chi connectivity index (χ1v) is 6.28. The van der Waals surface area contributed by atoms with Gasteiger partial charge in [-0.05, 0) is 44.0 Å². The monoisotopic (exact) mass is 244 g/mol. The highest BCUT2D eigenvalue weighted by molar-refractivity contribution is 5.26. The first-order chi connectivity index (χ1) is 8.58. The lowest BCUT2D eigenvalue weighted by atomic mass is 10.0. The molecule has 2 aromatic heterocycles. The zero-order valence-electron chi connectivity index (χ0n) is 11.2. The van der Waals surface area contributed by atoms with Gasteiger partial charge in [0.15, 0.2) is 0 Å². The second-order valence-corrected chi connectivity index (χ2v) is 4.92. The van der Waals surface area contributed by atoms with Gasteiger partial charge in [-0.15, -0.1) is 0 Å². The van der Waals surface area contributed by atoms with Crippen LogP contribution in [0, 0.1) is 6.92 Å². The quantitative estimate of drug-likeness (QED) is 0.898. The second-order valence-electron chi connectivity index (χ2n) is 4.92. The lowest BCUT2D eigenvalue weighted by molar-refractivity contribution is 0.522. The van der Waals surface area contributed by atoms with Crippen molar-refractivity contribution in [2.24, 2.45) is 5.73 Å². The van der Waals surface area contributed by atoms with Crippen LogP contribution in [0.3, 0.4) is 0 Å². The summed E-state index contributed by atoms with van der Waals surface area (Å²) in [6, 6.07) is 4.39. The van der Waals surface area contributed by atoms with E-state index < -0.39 is 0 Å². The average molecular weight is 244 g/mol. The van der Waals surface area contributed by atoms with E-state index in [2.05, 4.69) is 23.9 Å². The number of nitrogens with zero attached hydrogens (tertiary/aromatic N) is 3. The standard InChI is InChI=1S/C14H20N4/c1-10(2)18-7-5-12(17-18)8-14(15)13-4-6-16-9-11(13)3/h4-7,9-10,14H,8,15H2,1-3H3. The molecule has 2 heterocycles. The normalized spacial score (nSPS) is 12.9. The number of nitrogens with two attached hydrogens (primary N) is 1. The molecule has 0 fully saturated rings. The van der Waals surface area contributed by atoms with Crippen LogP contribution >= 0.6 is 0 Å². The van der Waals surface area contributed by atoms with Crippen LogP contribution in [0.5, 0.6) is 0 Å². The van der Waals surface area contributed by atoms with Crippen molar-refractivity contribution in [1.82, 2.24) is 14.8 Å². The molecule has 0 aliphatic heterocycles. The van der Waals surface area contributed by atoms with E-state index in [1.165, 1.54) is 0 Å². The van der Waals surface area contributed by atoms with Crippen molar-refractivity contribution < 1.29 is 0 Å². The van der Waals surface area contributed by atoms with Gasteiger partial charge in [0.05, 0.1) is 5.69 Å². The molecule has 0 amide bonds. The Kier molecular flexibility index (Phi) is 3.77. The van der Waals surface area contributed by atoms with Crippen molar-refractivity contribution in [3.63, 3.8) is 0 Å². The van der Waals surface area contributed by atoms with Crippen LogP contribution in [0.15, 0.2) is 30.7 Å². The smallest absolute Gasteiger partial charge is 0.0643 e. The van der Waals surface area contributed by atoms with Gasteiger partial charge in [-0.25, -0.2) is 0 Å². The lowest BCUT2D eigenvalue weighted by Gasteiger charge is -2.13. The number of pyridine rings is 1. The predicted molar refractivity (Wildman–Crippen MR) is 72.2 cm³/mol. The van der Waals surface area contributed by atoms with Crippen LogP contribution in [-0.4, -0.2) is 14.8 Å². The zero-order valence-corrected chi connectivity index (χ0v) is 11.2. The average Bonchev–Trinajstić information content (AvgIpc) is 2.78. The van der Waals surface area contributed by atoms with E-state index in [1.54, 1.807) is 6.20 Å². The zero-order chi connectivity index (χ0) is 13.1. The van der Waals surface area contributed by atoms with E-state index in [4.69, 9.17) is 5.73 Å². The molecule has 0 bridgehead atoms. The van der Waals surface area contributed by atoms with Gasteiger partial charge in [-0.3, -0.25) is 9.67 Å². The van der Waals surface area contributed by atoms with Crippen molar-refractivity contribution in [3.8, 4) is 0 Å². The van der Waals surface area contributed by atoms with Gasteiger partial charge in [0.2, 0.25) is 0 Å². The van der Waals surface area contributed by atoms with Crippen molar-refractivity contribution in [3.05, 3.63) is 47.5 Å². The van der Waals surface area contributed by atoms with E-state index in [1.807, 2.05) is 36.1 Å². The van der Waals surface area contributed by atoms with Gasteiger partial charge in [-0.2, -0.15) is 5.10 Å². The molecular weight excluding hydrogens is 224 g/mol. The fourth-order valence-electron chi connectivity index (χ4n) is 2.01. The Hall–Kier alpha value is -1.68. The molecule has 2 rings (SSSR count). The molecule has 2 N–H and O–H groups in total. The minimum atomic E-state index is -0.0245. The van der Waals surface area contributed by atoms with E-state index in [9.17, 15) is 0 Å². The van der Waals surface area contributed by atoms with E-state index >= 15 is 0 Å². The molecule has 1 unspecified atom stereocenters. The van der Waals surface area contributed by atoms with Crippen molar-refractivity contribution >= 4 is 0 Å². The van der Waals surface area contributed by atoms with Crippen LogP contribution in [-0.2, 0) is 6.42 Å². The molecule has 18 heavy (non-hydrogen) atoms. The van der Waals surface area contributed by atoms with Crippen molar-refractivity contribution in [2.75, 3.05) is 0 Å². The van der Waals surface area contributed by atoms with Crippen LogP contribution in [0.2, 0.25) is 0 Å². The first kappa shape index (κ1) is 12.8. The van der Waals surface area contributed by atoms with E-state index in [-0.39, 0.29) is 6.04 Å². The third kappa shape index (κ3) is 2.76. The molecule has 4 heteroatoms. The summed E-state index contributed by atoms with van der Waals surface area (Å²) in [6.45, 7) is 6.27. The maximum Gasteiger partial charge on any atom is 0.0643 e. The van der Waals surface area contributed by atoms with Crippen molar-refractivity contribution in [2.45, 2.75) is 39.3 Å². The van der Waals surface area contributed by atoms with Gasteiger partial charge in [-0.1, -0.05) is 0 Å². The van der Waals surface area contributed by atoms with E-state index in [0.29, 0.717) is 6.04 Å². The fourth-order valence-corrected chi connectivity index (χ4v) is 2.01. The summed E-state index contributed by atoms with van der Waals surface area (Å²) < 4.78 is 1.96. The molecule has 0 radical (unpaired) electrons. The van der Waals surface area contributed by atoms with Gasteiger partial charge >= 0.3 is 0 Å². The van der Waals surface area contributed by atoms with Gasteiger partial charge in [0, 0.05) is 37.1 Å². The second kappa shape index (κ2) is 5.31. The minimum absolute atomic E-state index is 0.0245. The minimum Gasteiger partial charge on any atom is -0.324 e. The van der Waals surface area contributed by atoms with Crippen molar-refractivity contribution in [1.29, 1.82) is 0 Å². The molecule has 96 valence electrons. The third-order valence-electron chi connectivity index (χ3n) is 3.08. The number of aryl methyl sites for hydroxylation is 1. The molecular formula is C14H20N4. The highest BCUT2D eigenvalue weighted by Gasteiger charge is 2.11. The number of hydrogen-bond acceptors (Lipinski definition) is 3. The maximum absolute atomic E-state index is 6.24. The molecule has 0 saturated carbocycles. The van der Waals surface area contributed by atoms with Gasteiger partial charge in [0.25, 0.3) is 0 Å². The van der Waals surface area contributed by atoms with Gasteiger partial charge in [0.1, 0.15) is 0 Å². The van der Waals surface area contributed by atoms with Crippen LogP contribution in [0.25, 0.3) is 0 Å². The largest absolute Gasteiger partial charge is 0.324 e.